The van der Waals surface area contributed by atoms with Crippen LogP contribution in [0.4, 0.5) is 0 Å². The van der Waals surface area contributed by atoms with Crippen LogP contribution in [-0.4, -0.2) is 47.7 Å². The number of carbonyl (C=O) groups excluding carboxylic acids is 1. The van der Waals surface area contributed by atoms with E-state index in [1.165, 1.54) is 0 Å². The number of aromatic nitrogens is 1. The van der Waals surface area contributed by atoms with E-state index in [0.717, 1.165) is 30.5 Å². The number of pyridine rings is 1. The molecule has 0 aliphatic carbocycles. The number of amides is 1. The van der Waals surface area contributed by atoms with Crippen LogP contribution in [0, 0.1) is 17.8 Å². The summed E-state index contributed by atoms with van der Waals surface area (Å²) in [6, 6.07) is 9.13. The lowest BCUT2D eigenvalue weighted by atomic mass is 9.98. The number of carbonyl (C=O) groups is 1. The highest BCUT2D eigenvalue weighted by Crippen LogP contribution is 2.18. The zero-order chi connectivity index (χ0) is 18.4. The Kier molecular flexibility index (Phi) is 5.88. The third-order valence-corrected chi connectivity index (χ3v) is 4.50. The van der Waals surface area contributed by atoms with Gasteiger partial charge in [-0.15, -0.1) is 0 Å². The molecule has 5 nitrogen and oxygen atoms in total. The van der Waals surface area contributed by atoms with Crippen LogP contribution in [0.3, 0.4) is 0 Å². The first-order chi connectivity index (χ1) is 12.7. The lowest BCUT2D eigenvalue weighted by Crippen LogP contribution is -2.40. The molecule has 1 aromatic heterocycles. The van der Waals surface area contributed by atoms with Crippen molar-refractivity contribution in [3.8, 4) is 17.6 Å². The number of nitrogens with zero attached hydrogens (tertiary/aromatic N) is 2. The highest BCUT2D eigenvalue weighted by molar-refractivity contribution is 5.94. The van der Waals surface area contributed by atoms with Gasteiger partial charge in [0, 0.05) is 42.6 Å². The molecule has 0 saturated carbocycles. The normalized spacial score (nSPS) is 16.5. The first-order valence-corrected chi connectivity index (χ1v) is 8.71. The number of likely N-dealkylation sites (tertiary alicyclic amines) is 1. The molecule has 1 fully saturated rings. The van der Waals surface area contributed by atoms with Crippen LogP contribution in [0.15, 0.2) is 42.7 Å². The second-order valence-electron chi connectivity index (χ2n) is 6.38. The van der Waals surface area contributed by atoms with Gasteiger partial charge in [0.15, 0.2) is 0 Å². The number of ether oxygens (including phenoxy) is 1. The topological polar surface area (TPSA) is 62.7 Å². The fourth-order valence-electron chi connectivity index (χ4n) is 3.02. The number of methoxy groups -OCH3 is 1. The predicted octanol–water partition coefficient (Wildman–Crippen LogP) is 2.33. The first-order valence-electron chi connectivity index (χ1n) is 8.71. The number of aliphatic hydroxyl groups is 1. The Labute approximate surface area is 153 Å². The highest BCUT2D eigenvalue weighted by Gasteiger charge is 2.23. The molecular formula is C21H22N2O3. The highest BCUT2D eigenvalue weighted by atomic mass is 16.5. The predicted molar refractivity (Wildman–Crippen MR) is 98.9 cm³/mol. The van der Waals surface area contributed by atoms with Gasteiger partial charge in [-0.25, -0.2) is 0 Å². The van der Waals surface area contributed by atoms with E-state index in [4.69, 9.17) is 4.74 Å². The number of hydrogen-bond donors (Lipinski definition) is 1. The summed E-state index contributed by atoms with van der Waals surface area (Å²) < 4.78 is 5.13. The van der Waals surface area contributed by atoms with E-state index >= 15 is 0 Å². The van der Waals surface area contributed by atoms with E-state index in [9.17, 15) is 9.90 Å². The van der Waals surface area contributed by atoms with Crippen molar-refractivity contribution >= 4 is 5.91 Å². The van der Waals surface area contributed by atoms with Gasteiger partial charge in [-0.1, -0.05) is 11.8 Å². The standard InChI is InChI=1S/C21H22N2O3/c1-26-20-11-17(12-22-13-20)5-4-16-6-8-19(9-7-16)21(25)23-10-2-3-18(14-23)15-24/h6-9,11-13,18,24H,2-3,10,14-15H2,1H3. The minimum atomic E-state index is 0.0136. The number of benzene rings is 1. The molecule has 1 atom stereocenters. The van der Waals surface area contributed by atoms with Gasteiger partial charge in [-0.05, 0) is 49.1 Å². The Balaban J connectivity index is 1.68. The number of piperidine rings is 1. The molecule has 1 aromatic carbocycles. The van der Waals surface area contributed by atoms with Crippen LogP contribution in [0.1, 0.15) is 34.3 Å². The first kappa shape index (κ1) is 18.0. The minimum Gasteiger partial charge on any atom is -0.495 e. The Hall–Kier alpha value is -2.84. The van der Waals surface area contributed by atoms with Crippen LogP contribution < -0.4 is 4.74 Å². The van der Waals surface area contributed by atoms with Gasteiger partial charge in [0.25, 0.3) is 5.91 Å². The van der Waals surface area contributed by atoms with E-state index in [-0.39, 0.29) is 18.4 Å². The van der Waals surface area contributed by atoms with E-state index < -0.39 is 0 Å². The molecule has 2 heterocycles. The Bertz CT molecular complexity index is 821. The zero-order valence-electron chi connectivity index (χ0n) is 14.8. The summed E-state index contributed by atoms with van der Waals surface area (Å²) in [5.74, 6) is 6.99. The number of aliphatic hydroxyl groups excluding tert-OH is 1. The maximum atomic E-state index is 12.6. The van der Waals surface area contributed by atoms with Crippen LogP contribution in [0.25, 0.3) is 0 Å². The summed E-state index contributed by atoms with van der Waals surface area (Å²) >= 11 is 0. The van der Waals surface area contributed by atoms with E-state index in [1.54, 1.807) is 31.6 Å². The van der Waals surface area contributed by atoms with Gasteiger partial charge in [-0.2, -0.15) is 0 Å². The minimum absolute atomic E-state index is 0.0136. The van der Waals surface area contributed by atoms with Gasteiger partial charge in [0.05, 0.1) is 13.3 Å². The summed E-state index contributed by atoms with van der Waals surface area (Å²) in [5.41, 5.74) is 2.25. The zero-order valence-corrected chi connectivity index (χ0v) is 14.8. The Morgan fingerprint density at radius 2 is 2.04 bits per heavy atom. The van der Waals surface area contributed by atoms with Crippen molar-refractivity contribution in [1.82, 2.24) is 9.88 Å². The molecule has 134 valence electrons. The fourth-order valence-corrected chi connectivity index (χ4v) is 3.02. The fraction of sp³-hybridized carbons (Fsp3) is 0.333. The van der Waals surface area contributed by atoms with Crippen LogP contribution in [0.2, 0.25) is 0 Å². The Morgan fingerprint density at radius 3 is 2.77 bits per heavy atom. The molecule has 3 rings (SSSR count). The molecule has 0 bridgehead atoms. The molecule has 1 aliphatic rings. The largest absolute Gasteiger partial charge is 0.495 e. The molecule has 0 radical (unpaired) electrons. The molecule has 26 heavy (non-hydrogen) atoms. The van der Waals surface area contributed by atoms with E-state index in [0.29, 0.717) is 17.9 Å². The molecule has 1 N–H and O–H groups in total. The van der Waals surface area contributed by atoms with Gasteiger partial charge < -0.3 is 14.7 Å². The lowest BCUT2D eigenvalue weighted by molar-refractivity contribution is 0.0620. The molecule has 1 unspecified atom stereocenters. The second-order valence-corrected chi connectivity index (χ2v) is 6.38. The van der Waals surface area contributed by atoms with Crippen molar-refractivity contribution in [3.63, 3.8) is 0 Å². The van der Waals surface area contributed by atoms with Crippen LogP contribution in [-0.2, 0) is 0 Å². The summed E-state index contributed by atoms with van der Waals surface area (Å²) in [6.07, 6.45) is 5.23. The average Bonchev–Trinajstić information content (AvgIpc) is 2.72. The summed E-state index contributed by atoms with van der Waals surface area (Å²) in [6.45, 7) is 1.51. The Morgan fingerprint density at radius 1 is 1.27 bits per heavy atom. The third kappa shape index (κ3) is 4.41. The third-order valence-electron chi connectivity index (χ3n) is 4.50. The average molecular weight is 350 g/mol. The van der Waals surface area contributed by atoms with Crippen molar-refractivity contribution < 1.29 is 14.6 Å². The van der Waals surface area contributed by atoms with Crippen molar-refractivity contribution in [3.05, 3.63) is 59.4 Å². The molecule has 1 amide bonds. The second kappa shape index (κ2) is 8.50. The monoisotopic (exact) mass is 350 g/mol. The maximum Gasteiger partial charge on any atom is 0.253 e. The summed E-state index contributed by atoms with van der Waals surface area (Å²) in [7, 11) is 1.59. The van der Waals surface area contributed by atoms with Crippen LogP contribution >= 0.6 is 0 Å². The molecule has 5 heteroatoms. The van der Waals surface area contributed by atoms with Crippen molar-refractivity contribution in [1.29, 1.82) is 0 Å². The molecule has 2 aromatic rings. The molecule has 1 aliphatic heterocycles. The molecule has 1 saturated heterocycles. The van der Waals surface area contributed by atoms with Gasteiger partial charge >= 0.3 is 0 Å². The number of hydrogen-bond acceptors (Lipinski definition) is 4. The molecule has 0 spiro atoms. The summed E-state index contributed by atoms with van der Waals surface area (Å²) in [5, 5.41) is 9.32. The van der Waals surface area contributed by atoms with Gasteiger partial charge in [0.2, 0.25) is 0 Å². The van der Waals surface area contributed by atoms with Crippen molar-refractivity contribution in [2.24, 2.45) is 5.92 Å². The number of rotatable bonds is 3. The smallest absolute Gasteiger partial charge is 0.253 e. The van der Waals surface area contributed by atoms with E-state index in [1.807, 2.05) is 23.1 Å². The van der Waals surface area contributed by atoms with E-state index in [2.05, 4.69) is 16.8 Å². The van der Waals surface area contributed by atoms with Crippen LogP contribution in [0.5, 0.6) is 5.75 Å². The van der Waals surface area contributed by atoms with Gasteiger partial charge in [-0.3, -0.25) is 9.78 Å². The summed E-state index contributed by atoms with van der Waals surface area (Å²) in [4.78, 5) is 18.5. The lowest BCUT2D eigenvalue weighted by Gasteiger charge is -2.31. The van der Waals surface area contributed by atoms with Crippen molar-refractivity contribution in [2.45, 2.75) is 12.8 Å². The molecular weight excluding hydrogens is 328 g/mol. The van der Waals surface area contributed by atoms with Crippen molar-refractivity contribution in [2.75, 3.05) is 26.8 Å². The quantitative estimate of drug-likeness (QED) is 0.863. The SMILES string of the molecule is COc1cncc(C#Cc2ccc(C(=O)N3CCCC(CO)C3)cc2)c1. The van der Waals surface area contributed by atoms with Gasteiger partial charge in [0.1, 0.15) is 5.75 Å². The maximum absolute atomic E-state index is 12.6.